The predicted octanol–water partition coefficient (Wildman–Crippen LogP) is 3.06. The van der Waals surface area contributed by atoms with Crippen LogP contribution in [0.4, 0.5) is 0 Å². The highest BCUT2D eigenvalue weighted by molar-refractivity contribution is 9.11. The lowest BCUT2D eigenvalue weighted by Gasteiger charge is -2.09. The van der Waals surface area contributed by atoms with E-state index in [1.165, 1.54) is 4.88 Å². The maximum Gasteiger partial charge on any atom is 0.212 e. The molecule has 1 unspecified atom stereocenters. The van der Waals surface area contributed by atoms with E-state index in [2.05, 4.69) is 20.9 Å². The summed E-state index contributed by atoms with van der Waals surface area (Å²) in [6.45, 7) is 0. The van der Waals surface area contributed by atoms with Crippen molar-refractivity contribution in [3.63, 3.8) is 0 Å². The number of halogens is 1. The van der Waals surface area contributed by atoms with Crippen molar-refractivity contribution < 1.29 is 9.84 Å². The quantitative estimate of drug-likeness (QED) is 0.917. The number of ether oxygens (including phenoxy) is 1. The molecule has 0 fully saturated rings. The zero-order chi connectivity index (χ0) is 13.0. The van der Waals surface area contributed by atoms with Gasteiger partial charge in [0.25, 0.3) is 0 Å². The Balaban J connectivity index is 1.91. The van der Waals surface area contributed by atoms with Crippen LogP contribution in [0.5, 0.6) is 5.88 Å². The number of aliphatic hydroxyl groups is 1. The van der Waals surface area contributed by atoms with E-state index in [4.69, 9.17) is 4.74 Å². The fourth-order valence-electron chi connectivity index (χ4n) is 1.69. The fraction of sp³-hybridized carbons (Fsp3) is 0.308. The Morgan fingerprint density at radius 1 is 1.33 bits per heavy atom. The van der Waals surface area contributed by atoms with E-state index in [1.54, 1.807) is 24.6 Å². The third-order valence-electron chi connectivity index (χ3n) is 2.54. The molecule has 5 heteroatoms. The zero-order valence-electron chi connectivity index (χ0n) is 9.97. The van der Waals surface area contributed by atoms with Gasteiger partial charge in [-0.1, -0.05) is 6.07 Å². The van der Waals surface area contributed by atoms with Gasteiger partial charge in [-0.05, 0) is 33.6 Å². The Bertz CT molecular complexity index is 498. The van der Waals surface area contributed by atoms with Gasteiger partial charge in [0.2, 0.25) is 5.88 Å². The van der Waals surface area contributed by atoms with E-state index in [0.717, 1.165) is 9.35 Å². The first-order chi connectivity index (χ1) is 8.67. The molecular formula is C13H14BrNO2S. The highest BCUT2D eigenvalue weighted by Crippen LogP contribution is 2.23. The van der Waals surface area contributed by atoms with Crippen molar-refractivity contribution in [3.05, 3.63) is 44.7 Å². The largest absolute Gasteiger partial charge is 0.481 e. The molecule has 0 saturated carbocycles. The standard InChI is InChI=1S/C13H14BrNO2S/c1-17-13-5-2-9(8-15-13)6-10(16)7-11-3-4-12(14)18-11/h2-5,8,10,16H,6-7H2,1H3. The van der Waals surface area contributed by atoms with Gasteiger partial charge in [-0.15, -0.1) is 11.3 Å². The average molecular weight is 328 g/mol. The monoisotopic (exact) mass is 327 g/mol. The fourth-order valence-corrected chi connectivity index (χ4v) is 3.24. The first kappa shape index (κ1) is 13.5. The maximum absolute atomic E-state index is 10.0. The molecule has 3 nitrogen and oxygen atoms in total. The lowest BCUT2D eigenvalue weighted by molar-refractivity contribution is 0.176. The van der Waals surface area contributed by atoms with E-state index in [1.807, 2.05) is 24.3 Å². The Labute approximate surface area is 119 Å². The Hall–Kier alpha value is -0.910. The molecule has 0 aliphatic rings. The highest BCUT2D eigenvalue weighted by atomic mass is 79.9. The van der Waals surface area contributed by atoms with Crippen LogP contribution < -0.4 is 4.74 Å². The summed E-state index contributed by atoms with van der Waals surface area (Å²) in [7, 11) is 1.59. The van der Waals surface area contributed by atoms with Crippen molar-refractivity contribution in [1.82, 2.24) is 4.98 Å². The van der Waals surface area contributed by atoms with Crippen LogP contribution in [0.15, 0.2) is 34.2 Å². The second kappa shape index (κ2) is 6.31. The number of nitrogens with zero attached hydrogens (tertiary/aromatic N) is 1. The van der Waals surface area contributed by atoms with E-state index in [0.29, 0.717) is 18.7 Å². The van der Waals surface area contributed by atoms with Gasteiger partial charge in [0, 0.05) is 30.0 Å². The zero-order valence-corrected chi connectivity index (χ0v) is 12.4. The SMILES string of the molecule is COc1ccc(CC(O)Cc2ccc(Br)s2)cn1. The third kappa shape index (κ3) is 3.80. The normalized spacial score (nSPS) is 12.4. The summed E-state index contributed by atoms with van der Waals surface area (Å²) in [5, 5.41) is 10.0. The lowest BCUT2D eigenvalue weighted by Crippen LogP contribution is -2.13. The van der Waals surface area contributed by atoms with Crippen LogP contribution in [0.1, 0.15) is 10.4 Å². The summed E-state index contributed by atoms with van der Waals surface area (Å²) in [6, 6.07) is 7.77. The minimum Gasteiger partial charge on any atom is -0.481 e. The van der Waals surface area contributed by atoms with Crippen LogP contribution in [-0.2, 0) is 12.8 Å². The van der Waals surface area contributed by atoms with Crippen LogP contribution in [0.25, 0.3) is 0 Å². The molecule has 18 heavy (non-hydrogen) atoms. The third-order valence-corrected chi connectivity index (χ3v) is 4.19. The van der Waals surface area contributed by atoms with Gasteiger partial charge in [0.15, 0.2) is 0 Å². The number of hydrogen-bond donors (Lipinski definition) is 1. The molecule has 2 rings (SSSR count). The van der Waals surface area contributed by atoms with Crippen LogP contribution in [-0.4, -0.2) is 23.3 Å². The van der Waals surface area contributed by atoms with E-state index in [-0.39, 0.29) is 6.10 Å². The van der Waals surface area contributed by atoms with Crippen LogP contribution in [0, 0.1) is 0 Å². The molecule has 0 saturated heterocycles. The predicted molar refractivity (Wildman–Crippen MR) is 76.2 cm³/mol. The molecule has 2 heterocycles. The van der Waals surface area contributed by atoms with Crippen molar-refractivity contribution in [1.29, 1.82) is 0 Å². The number of aliphatic hydroxyl groups excluding tert-OH is 1. The van der Waals surface area contributed by atoms with Crippen molar-refractivity contribution in [3.8, 4) is 5.88 Å². The summed E-state index contributed by atoms with van der Waals surface area (Å²) < 4.78 is 6.09. The Morgan fingerprint density at radius 3 is 2.72 bits per heavy atom. The summed E-state index contributed by atoms with van der Waals surface area (Å²) in [4.78, 5) is 5.30. The van der Waals surface area contributed by atoms with Gasteiger partial charge < -0.3 is 9.84 Å². The van der Waals surface area contributed by atoms with Gasteiger partial charge in [-0.3, -0.25) is 0 Å². The summed E-state index contributed by atoms with van der Waals surface area (Å²) in [5.74, 6) is 0.593. The number of thiophene rings is 1. The number of methoxy groups -OCH3 is 1. The number of aromatic nitrogens is 1. The summed E-state index contributed by atoms with van der Waals surface area (Å²) in [5.41, 5.74) is 1.01. The smallest absolute Gasteiger partial charge is 0.212 e. The van der Waals surface area contributed by atoms with E-state index < -0.39 is 0 Å². The molecule has 0 aromatic carbocycles. The summed E-state index contributed by atoms with van der Waals surface area (Å²) >= 11 is 5.07. The molecule has 1 atom stereocenters. The topological polar surface area (TPSA) is 42.4 Å². The lowest BCUT2D eigenvalue weighted by atomic mass is 10.1. The van der Waals surface area contributed by atoms with Gasteiger partial charge in [-0.25, -0.2) is 4.98 Å². The van der Waals surface area contributed by atoms with Gasteiger partial charge in [0.05, 0.1) is 17.0 Å². The maximum atomic E-state index is 10.0. The minimum atomic E-state index is -0.384. The van der Waals surface area contributed by atoms with E-state index in [9.17, 15) is 5.11 Å². The molecule has 0 spiro atoms. The molecule has 0 aliphatic heterocycles. The molecule has 0 aliphatic carbocycles. The van der Waals surface area contributed by atoms with Crippen LogP contribution in [0.3, 0.4) is 0 Å². The van der Waals surface area contributed by atoms with Crippen molar-refractivity contribution in [2.24, 2.45) is 0 Å². The van der Waals surface area contributed by atoms with Crippen molar-refractivity contribution >= 4 is 27.3 Å². The minimum absolute atomic E-state index is 0.384. The van der Waals surface area contributed by atoms with Gasteiger partial charge >= 0.3 is 0 Å². The van der Waals surface area contributed by atoms with Gasteiger partial charge in [0.1, 0.15) is 0 Å². The van der Waals surface area contributed by atoms with E-state index >= 15 is 0 Å². The molecule has 2 aromatic rings. The highest BCUT2D eigenvalue weighted by Gasteiger charge is 2.09. The number of hydrogen-bond acceptors (Lipinski definition) is 4. The van der Waals surface area contributed by atoms with Crippen molar-refractivity contribution in [2.75, 3.05) is 7.11 Å². The molecule has 1 N–H and O–H groups in total. The first-order valence-electron chi connectivity index (χ1n) is 5.58. The average Bonchev–Trinajstić information content (AvgIpc) is 2.75. The molecule has 96 valence electrons. The molecular weight excluding hydrogens is 314 g/mol. The molecule has 0 radical (unpaired) electrons. The Morgan fingerprint density at radius 2 is 2.17 bits per heavy atom. The second-order valence-corrected chi connectivity index (χ2v) is 6.52. The molecule has 0 bridgehead atoms. The molecule has 2 aromatic heterocycles. The second-order valence-electron chi connectivity index (χ2n) is 3.98. The first-order valence-corrected chi connectivity index (χ1v) is 7.19. The molecule has 0 amide bonds. The summed E-state index contributed by atoms with van der Waals surface area (Å²) in [6.07, 6.45) is 2.63. The number of pyridine rings is 1. The van der Waals surface area contributed by atoms with Crippen molar-refractivity contribution in [2.45, 2.75) is 18.9 Å². The van der Waals surface area contributed by atoms with Gasteiger partial charge in [-0.2, -0.15) is 0 Å². The Kier molecular flexibility index (Phi) is 4.74. The van der Waals surface area contributed by atoms with Crippen LogP contribution in [0.2, 0.25) is 0 Å². The number of rotatable bonds is 5. The van der Waals surface area contributed by atoms with Crippen LogP contribution >= 0.6 is 27.3 Å².